The van der Waals surface area contributed by atoms with Crippen molar-refractivity contribution in [2.24, 2.45) is 5.73 Å². The number of hydrogen-bond donors (Lipinski definition) is 1. The van der Waals surface area contributed by atoms with Crippen molar-refractivity contribution in [1.29, 1.82) is 0 Å². The normalized spacial score (nSPS) is 13.7. The summed E-state index contributed by atoms with van der Waals surface area (Å²) in [5.74, 6) is -0.745. The average molecular weight is 303 g/mol. The van der Waals surface area contributed by atoms with E-state index in [1.54, 1.807) is 0 Å². The van der Waals surface area contributed by atoms with Gasteiger partial charge in [0.15, 0.2) is 5.82 Å². The highest BCUT2D eigenvalue weighted by atomic mass is 19.4. The summed E-state index contributed by atoms with van der Waals surface area (Å²) in [5.41, 5.74) is 4.61. The minimum atomic E-state index is -4.66. The highest BCUT2D eigenvalue weighted by Crippen LogP contribution is 2.32. The van der Waals surface area contributed by atoms with Crippen LogP contribution in [0.3, 0.4) is 0 Å². The van der Waals surface area contributed by atoms with Crippen LogP contribution in [0.2, 0.25) is 0 Å². The number of alkyl halides is 3. The van der Waals surface area contributed by atoms with Crippen LogP contribution in [0, 0.1) is 5.82 Å². The molecule has 0 spiro atoms. The quantitative estimate of drug-likeness (QED) is 0.883. The van der Waals surface area contributed by atoms with E-state index in [2.05, 4.69) is 10.1 Å². The summed E-state index contributed by atoms with van der Waals surface area (Å²) < 4.78 is 56.3. The van der Waals surface area contributed by atoms with Crippen molar-refractivity contribution < 1.29 is 22.1 Å². The first-order valence-electron chi connectivity index (χ1n) is 6.15. The van der Waals surface area contributed by atoms with Gasteiger partial charge < -0.3 is 10.3 Å². The summed E-state index contributed by atoms with van der Waals surface area (Å²) >= 11 is 0. The van der Waals surface area contributed by atoms with E-state index >= 15 is 0 Å². The third kappa shape index (κ3) is 3.38. The van der Waals surface area contributed by atoms with E-state index in [4.69, 9.17) is 10.3 Å². The summed E-state index contributed by atoms with van der Waals surface area (Å²) in [4.78, 5) is 4.00. The van der Waals surface area contributed by atoms with Crippen LogP contribution < -0.4 is 5.73 Å². The molecule has 0 aliphatic rings. The fourth-order valence-corrected chi connectivity index (χ4v) is 1.71. The molecular formula is C13H13F4N3O. The maximum atomic E-state index is 13.3. The molecule has 1 heterocycles. The molecule has 0 amide bonds. The number of nitrogens with zero attached hydrogens (tertiary/aromatic N) is 2. The molecule has 1 atom stereocenters. The summed E-state index contributed by atoms with van der Waals surface area (Å²) in [6.45, 7) is 3.62. The van der Waals surface area contributed by atoms with Crippen LogP contribution in [0.1, 0.15) is 48.6 Å². The molecule has 114 valence electrons. The summed E-state index contributed by atoms with van der Waals surface area (Å²) in [5, 5.41) is 3.62. The van der Waals surface area contributed by atoms with Gasteiger partial charge in [0, 0.05) is 5.92 Å². The molecule has 0 aliphatic carbocycles. The molecule has 0 radical (unpaired) electrons. The van der Waals surface area contributed by atoms with Gasteiger partial charge in [-0.2, -0.15) is 18.2 Å². The van der Waals surface area contributed by atoms with Gasteiger partial charge >= 0.3 is 6.18 Å². The second-order valence-electron chi connectivity index (χ2n) is 4.89. The Morgan fingerprint density at radius 3 is 2.38 bits per heavy atom. The monoisotopic (exact) mass is 303 g/mol. The van der Waals surface area contributed by atoms with Gasteiger partial charge in [-0.15, -0.1) is 0 Å². The minimum absolute atomic E-state index is 0.0115. The van der Waals surface area contributed by atoms with Crippen LogP contribution in [-0.2, 0) is 6.18 Å². The van der Waals surface area contributed by atoms with E-state index in [0.717, 1.165) is 12.1 Å². The first-order chi connectivity index (χ1) is 9.68. The van der Waals surface area contributed by atoms with Gasteiger partial charge in [0.1, 0.15) is 5.82 Å². The Bertz CT molecular complexity index is 637. The molecular weight excluding hydrogens is 290 g/mol. The van der Waals surface area contributed by atoms with Gasteiger partial charge in [-0.3, -0.25) is 0 Å². The molecule has 21 heavy (non-hydrogen) atoms. The first-order valence-corrected chi connectivity index (χ1v) is 6.15. The van der Waals surface area contributed by atoms with Crippen molar-refractivity contribution in [2.75, 3.05) is 0 Å². The molecule has 2 rings (SSSR count). The minimum Gasteiger partial charge on any atom is -0.339 e. The summed E-state index contributed by atoms with van der Waals surface area (Å²) in [6, 6.07) is 1.01. The second-order valence-corrected chi connectivity index (χ2v) is 4.89. The van der Waals surface area contributed by atoms with E-state index < -0.39 is 23.6 Å². The Labute approximate surface area is 118 Å². The van der Waals surface area contributed by atoms with Crippen LogP contribution in [0.15, 0.2) is 22.7 Å². The van der Waals surface area contributed by atoms with Gasteiger partial charge in [0.05, 0.1) is 11.6 Å². The van der Waals surface area contributed by atoms with Crippen LogP contribution in [0.4, 0.5) is 17.6 Å². The standard InChI is InChI=1S/C13H13F4N3O/c1-6(2)12-19-11(20-21-12)10(18)7-3-8(13(15,16)17)5-9(14)4-7/h3-6,10H,18H2,1-2H3. The maximum Gasteiger partial charge on any atom is 0.416 e. The Balaban J connectivity index is 2.38. The lowest BCUT2D eigenvalue weighted by molar-refractivity contribution is -0.137. The molecule has 1 aromatic carbocycles. The van der Waals surface area contributed by atoms with Crippen molar-refractivity contribution in [1.82, 2.24) is 10.1 Å². The topological polar surface area (TPSA) is 64.9 Å². The Kier molecular flexibility index (Phi) is 3.99. The van der Waals surface area contributed by atoms with Crippen molar-refractivity contribution in [3.8, 4) is 0 Å². The third-order valence-corrected chi connectivity index (χ3v) is 2.84. The van der Waals surface area contributed by atoms with Crippen LogP contribution in [0.25, 0.3) is 0 Å². The molecule has 0 fully saturated rings. The predicted octanol–water partition coefficient (Wildman–Crippen LogP) is 3.40. The Morgan fingerprint density at radius 1 is 1.19 bits per heavy atom. The molecule has 4 nitrogen and oxygen atoms in total. The smallest absolute Gasteiger partial charge is 0.339 e. The van der Waals surface area contributed by atoms with Crippen molar-refractivity contribution >= 4 is 0 Å². The highest BCUT2D eigenvalue weighted by molar-refractivity contribution is 5.31. The second kappa shape index (κ2) is 5.44. The zero-order chi connectivity index (χ0) is 15.8. The molecule has 0 bridgehead atoms. The third-order valence-electron chi connectivity index (χ3n) is 2.84. The number of halogens is 4. The molecule has 8 heteroatoms. The van der Waals surface area contributed by atoms with Crippen molar-refractivity contribution in [3.05, 3.63) is 46.9 Å². The lowest BCUT2D eigenvalue weighted by atomic mass is 10.0. The SMILES string of the molecule is CC(C)c1nc(C(N)c2cc(F)cc(C(F)(F)F)c2)no1. The molecule has 2 aromatic rings. The number of rotatable bonds is 3. The number of benzene rings is 1. The number of hydrogen-bond acceptors (Lipinski definition) is 4. The van der Waals surface area contributed by atoms with E-state index in [0.29, 0.717) is 12.0 Å². The molecule has 2 N–H and O–H groups in total. The van der Waals surface area contributed by atoms with Gasteiger partial charge in [-0.1, -0.05) is 19.0 Å². The van der Waals surface area contributed by atoms with E-state index in [9.17, 15) is 17.6 Å². The highest BCUT2D eigenvalue weighted by Gasteiger charge is 2.32. The fourth-order valence-electron chi connectivity index (χ4n) is 1.71. The number of nitrogens with two attached hydrogens (primary N) is 1. The maximum absolute atomic E-state index is 13.3. The Morgan fingerprint density at radius 2 is 1.86 bits per heavy atom. The molecule has 0 saturated carbocycles. The fraction of sp³-hybridized carbons (Fsp3) is 0.385. The number of aromatic nitrogens is 2. The molecule has 1 aromatic heterocycles. The Hall–Kier alpha value is -1.96. The average Bonchev–Trinajstić information content (AvgIpc) is 2.85. The largest absolute Gasteiger partial charge is 0.416 e. The predicted molar refractivity (Wildman–Crippen MR) is 65.8 cm³/mol. The van der Waals surface area contributed by atoms with Crippen LogP contribution in [0.5, 0.6) is 0 Å². The van der Waals surface area contributed by atoms with E-state index in [1.807, 2.05) is 13.8 Å². The van der Waals surface area contributed by atoms with E-state index in [1.165, 1.54) is 0 Å². The van der Waals surface area contributed by atoms with E-state index in [-0.39, 0.29) is 17.3 Å². The molecule has 0 aliphatic heterocycles. The van der Waals surface area contributed by atoms with Crippen molar-refractivity contribution in [3.63, 3.8) is 0 Å². The zero-order valence-electron chi connectivity index (χ0n) is 11.3. The van der Waals surface area contributed by atoms with Crippen LogP contribution in [-0.4, -0.2) is 10.1 Å². The zero-order valence-corrected chi connectivity index (χ0v) is 11.3. The van der Waals surface area contributed by atoms with Gasteiger partial charge in [-0.05, 0) is 23.8 Å². The first kappa shape index (κ1) is 15.4. The molecule has 1 unspecified atom stereocenters. The van der Waals surface area contributed by atoms with Gasteiger partial charge in [0.2, 0.25) is 5.89 Å². The lowest BCUT2D eigenvalue weighted by Crippen LogP contribution is -2.16. The summed E-state index contributed by atoms with van der Waals surface area (Å²) in [6.07, 6.45) is -4.66. The van der Waals surface area contributed by atoms with Gasteiger partial charge in [0.25, 0.3) is 0 Å². The lowest BCUT2D eigenvalue weighted by Gasteiger charge is -2.12. The van der Waals surface area contributed by atoms with Crippen LogP contribution >= 0.6 is 0 Å². The summed E-state index contributed by atoms with van der Waals surface area (Å²) in [7, 11) is 0. The van der Waals surface area contributed by atoms with Gasteiger partial charge in [-0.25, -0.2) is 4.39 Å². The molecule has 0 saturated heterocycles. The van der Waals surface area contributed by atoms with Crippen molar-refractivity contribution in [2.45, 2.75) is 32.0 Å².